The molecular formula is C36H22N2S. The van der Waals surface area contributed by atoms with Crippen molar-refractivity contribution in [1.29, 1.82) is 0 Å². The SMILES string of the molecule is c1ccc(-n2c3ccccc3c3cc(-n4c5ccccc5c5c6sc7ccccc7c6ccc54)ccc32)cc1. The van der Waals surface area contributed by atoms with Crippen molar-refractivity contribution in [2.24, 2.45) is 0 Å². The van der Waals surface area contributed by atoms with Crippen molar-refractivity contribution in [2.45, 2.75) is 0 Å². The fourth-order valence-electron chi connectivity index (χ4n) is 6.47. The fraction of sp³-hybridized carbons (Fsp3) is 0. The molecule has 39 heavy (non-hydrogen) atoms. The minimum absolute atomic E-state index is 1.18. The molecule has 0 fully saturated rings. The lowest BCUT2D eigenvalue weighted by atomic mass is 10.1. The second-order valence-corrected chi connectivity index (χ2v) is 11.2. The number of rotatable bonds is 2. The highest BCUT2D eigenvalue weighted by atomic mass is 32.1. The Labute approximate surface area is 228 Å². The Bertz CT molecular complexity index is 2390. The van der Waals surface area contributed by atoms with E-state index in [0.717, 1.165) is 0 Å². The van der Waals surface area contributed by atoms with E-state index < -0.39 is 0 Å². The van der Waals surface area contributed by atoms with E-state index in [9.17, 15) is 0 Å². The van der Waals surface area contributed by atoms with Crippen LogP contribution in [0.15, 0.2) is 133 Å². The number of hydrogen-bond donors (Lipinski definition) is 0. The molecule has 3 heteroatoms. The van der Waals surface area contributed by atoms with Crippen LogP contribution in [0.2, 0.25) is 0 Å². The summed E-state index contributed by atoms with van der Waals surface area (Å²) in [7, 11) is 0. The van der Waals surface area contributed by atoms with Gasteiger partial charge in [0.1, 0.15) is 0 Å². The Kier molecular flexibility index (Phi) is 4.24. The zero-order valence-electron chi connectivity index (χ0n) is 21.0. The normalized spacial score (nSPS) is 12.1. The second kappa shape index (κ2) is 7.83. The topological polar surface area (TPSA) is 9.86 Å². The summed E-state index contributed by atoms with van der Waals surface area (Å²) in [4.78, 5) is 0. The molecule has 0 bridgehead atoms. The van der Waals surface area contributed by atoms with Gasteiger partial charge in [-0.3, -0.25) is 0 Å². The van der Waals surface area contributed by atoms with E-state index in [0.29, 0.717) is 0 Å². The first-order chi connectivity index (χ1) is 19.4. The van der Waals surface area contributed by atoms with Crippen molar-refractivity contribution in [1.82, 2.24) is 9.13 Å². The van der Waals surface area contributed by atoms with Crippen LogP contribution < -0.4 is 0 Å². The van der Waals surface area contributed by atoms with Gasteiger partial charge in [0.25, 0.3) is 0 Å². The van der Waals surface area contributed by atoms with E-state index in [-0.39, 0.29) is 0 Å². The molecule has 0 unspecified atom stereocenters. The average Bonchev–Trinajstić information content (AvgIpc) is 3.65. The van der Waals surface area contributed by atoms with Crippen molar-refractivity contribution < 1.29 is 0 Å². The first kappa shape index (κ1) is 21.1. The Balaban J connectivity index is 1.39. The molecule has 0 atom stereocenters. The summed E-state index contributed by atoms with van der Waals surface area (Å²) >= 11 is 1.90. The summed E-state index contributed by atoms with van der Waals surface area (Å²) in [6.07, 6.45) is 0. The maximum absolute atomic E-state index is 2.45. The van der Waals surface area contributed by atoms with Gasteiger partial charge < -0.3 is 9.13 Å². The molecule has 9 aromatic rings. The molecule has 0 amide bonds. The van der Waals surface area contributed by atoms with Crippen molar-refractivity contribution in [3.8, 4) is 11.4 Å². The largest absolute Gasteiger partial charge is 0.309 e. The molecule has 2 nitrogen and oxygen atoms in total. The van der Waals surface area contributed by atoms with Crippen LogP contribution in [0.25, 0.3) is 75.2 Å². The number of hydrogen-bond acceptors (Lipinski definition) is 1. The second-order valence-electron chi connectivity index (χ2n) is 10.2. The predicted octanol–water partition coefficient (Wildman–Crippen LogP) is 10.2. The zero-order chi connectivity index (χ0) is 25.5. The van der Waals surface area contributed by atoms with Crippen LogP contribution in [0, 0.1) is 0 Å². The number of aromatic nitrogens is 2. The first-order valence-corrected chi connectivity index (χ1v) is 14.1. The smallest absolute Gasteiger partial charge is 0.0555 e. The number of fused-ring (bicyclic) bond motifs is 10. The summed E-state index contributed by atoms with van der Waals surface area (Å²) < 4.78 is 7.53. The van der Waals surface area contributed by atoms with E-state index in [1.165, 1.54) is 75.2 Å². The summed E-state index contributed by atoms with van der Waals surface area (Å²) in [5.74, 6) is 0. The molecule has 0 N–H and O–H groups in total. The van der Waals surface area contributed by atoms with Gasteiger partial charge >= 0.3 is 0 Å². The lowest BCUT2D eigenvalue weighted by Gasteiger charge is -2.10. The molecule has 3 aromatic heterocycles. The van der Waals surface area contributed by atoms with Gasteiger partial charge in [0, 0.05) is 53.1 Å². The number of benzene rings is 6. The third kappa shape index (κ3) is 2.85. The van der Waals surface area contributed by atoms with Gasteiger partial charge in [-0.2, -0.15) is 0 Å². The van der Waals surface area contributed by atoms with Crippen molar-refractivity contribution >= 4 is 75.1 Å². The third-order valence-electron chi connectivity index (χ3n) is 8.11. The molecule has 0 radical (unpaired) electrons. The van der Waals surface area contributed by atoms with Crippen molar-refractivity contribution in [2.75, 3.05) is 0 Å². The van der Waals surface area contributed by atoms with Crippen LogP contribution in [0.4, 0.5) is 0 Å². The summed E-state index contributed by atoms with van der Waals surface area (Å²) in [6, 6.07) is 48.6. The van der Waals surface area contributed by atoms with E-state index in [2.05, 4.69) is 143 Å². The lowest BCUT2D eigenvalue weighted by Crippen LogP contribution is -1.95. The van der Waals surface area contributed by atoms with Gasteiger partial charge in [-0.15, -0.1) is 11.3 Å². The lowest BCUT2D eigenvalue weighted by molar-refractivity contribution is 1.17. The minimum Gasteiger partial charge on any atom is -0.309 e. The van der Waals surface area contributed by atoms with Gasteiger partial charge in [0.15, 0.2) is 0 Å². The number of nitrogens with zero attached hydrogens (tertiary/aromatic N) is 2. The van der Waals surface area contributed by atoms with Crippen LogP contribution in [-0.4, -0.2) is 9.13 Å². The fourth-order valence-corrected chi connectivity index (χ4v) is 7.73. The highest BCUT2D eigenvalue weighted by Crippen LogP contribution is 2.43. The number of thiophene rings is 1. The quantitative estimate of drug-likeness (QED) is 0.217. The molecular weight excluding hydrogens is 492 g/mol. The Hall–Kier alpha value is -4.86. The molecule has 9 rings (SSSR count). The van der Waals surface area contributed by atoms with Crippen molar-refractivity contribution in [3.63, 3.8) is 0 Å². The third-order valence-corrected chi connectivity index (χ3v) is 9.31. The van der Waals surface area contributed by atoms with Crippen LogP contribution in [0.5, 0.6) is 0 Å². The highest BCUT2D eigenvalue weighted by molar-refractivity contribution is 7.26. The standard InChI is InChI=1S/C36H22N2S/c1-2-10-23(11-3-1)37-30-15-7-4-12-25(30)29-22-24(18-20-32(29)37)38-31-16-8-5-14-28(31)35-33(38)21-19-27-26-13-6-9-17-34(26)39-36(27)35/h1-22H. The van der Waals surface area contributed by atoms with Crippen LogP contribution in [0.1, 0.15) is 0 Å². The molecule has 182 valence electrons. The van der Waals surface area contributed by atoms with Gasteiger partial charge in [-0.05, 0) is 54.6 Å². The Morgan fingerprint density at radius 3 is 1.85 bits per heavy atom. The zero-order valence-corrected chi connectivity index (χ0v) is 21.8. The minimum atomic E-state index is 1.18. The Morgan fingerprint density at radius 2 is 1.00 bits per heavy atom. The molecule has 0 aliphatic rings. The molecule has 3 heterocycles. The van der Waals surface area contributed by atoms with Crippen LogP contribution in [-0.2, 0) is 0 Å². The maximum atomic E-state index is 2.45. The summed E-state index contributed by atoms with van der Waals surface area (Å²) in [5.41, 5.74) is 7.31. The summed E-state index contributed by atoms with van der Waals surface area (Å²) in [5, 5.41) is 7.86. The van der Waals surface area contributed by atoms with Gasteiger partial charge in [0.2, 0.25) is 0 Å². The number of para-hydroxylation sites is 3. The van der Waals surface area contributed by atoms with Gasteiger partial charge in [-0.25, -0.2) is 0 Å². The first-order valence-electron chi connectivity index (χ1n) is 13.3. The van der Waals surface area contributed by atoms with Gasteiger partial charge in [0.05, 0.1) is 22.1 Å². The average molecular weight is 515 g/mol. The molecule has 0 aliphatic heterocycles. The predicted molar refractivity (Wildman–Crippen MR) is 168 cm³/mol. The molecule has 0 spiro atoms. The van der Waals surface area contributed by atoms with Crippen molar-refractivity contribution in [3.05, 3.63) is 133 Å². The van der Waals surface area contributed by atoms with E-state index in [1.54, 1.807) is 0 Å². The van der Waals surface area contributed by atoms with E-state index >= 15 is 0 Å². The molecule has 0 saturated carbocycles. The highest BCUT2D eigenvalue weighted by Gasteiger charge is 2.19. The van der Waals surface area contributed by atoms with Crippen LogP contribution >= 0.6 is 11.3 Å². The molecule has 0 aliphatic carbocycles. The maximum Gasteiger partial charge on any atom is 0.0555 e. The monoisotopic (exact) mass is 514 g/mol. The van der Waals surface area contributed by atoms with Gasteiger partial charge in [-0.1, -0.05) is 78.9 Å². The summed E-state index contributed by atoms with van der Waals surface area (Å²) in [6.45, 7) is 0. The molecule has 0 saturated heterocycles. The molecule has 6 aromatic carbocycles. The van der Waals surface area contributed by atoms with E-state index in [1.807, 2.05) is 11.3 Å². The van der Waals surface area contributed by atoms with E-state index in [4.69, 9.17) is 0 Å². The van der Waals surface area contributed by atoms with Crippen LogP contribution in [0.3, 0.4) is 0 Å². The Morgan fingerprint density at radius 1 is 0.385 bits per heavy atom.